The minimum Gasteiger partial charge on any atom is -0.394 e. The van der Waals surface area contributed by atoms with E-state index in [1.807, 2.05) is 43.3 Å². The maximum absolute atomic E-state index is 12.5. The maximum atomic E-state index is 12.5. The fraction of sp³-hybridized carbons (Fsp3) is 0.562. The van der Waals surface area contributed by atoms with E-state index in [0.29, 0.717) is 5.56 Å². The Hall–Kier alpha value is -1.39. The molecule has 0 bridgehead atoms. The van der Waals surface area contributed by atoms with Gasteiger partial charge >= 0.3 is 0 Å². The summed E-state index contributed by atoms with van der Waals surface area (Å²) in [5.41, 5.74) is 1.91. The van der Waals surface area contributed by atoms with E-state index < -0.39 is 0 Å². The highest BCUT2D eigenvalue weighted by Gasteiger charge is 2.26. The second kappa shape index (κ2) is 6.86. The number of carbonyl (C=O) groups excluding carboxylic acids is 1. The van der Waals surface area contributed by atoms with Crippen LogP contribution in [-0.4, -0.2) is 54.1 Å². The molecule has 1 amide bonds. The molecule has 1 aromatic carbocycles. The number of aliphatic hydroxyl groups is 1. The fourth-order valence-electron chi connectivity index (χ4n) is 2.74. The number of piperidine rings is 1. The van der Waals surface area contributed by atoms with Gasteiger partial charge in [-0.2, -0.15) is 0 Å². The second-order valence-corrected chi connectivity index (χ2v) is 5.77. The lowest BCUT2D eigenvalue weighted by Crippen LogP contribution is -2.45. The van der Waals surface area contributed by atoms with E-state index in [1.54, 1.807) is 0 Å². The highest BCUT2D eigenvalue weighted by Crippen LogP contribution is 2.19. The fourth-order valence-corrected chi connectivity index (χ4v) is 2.74. The zero-order valence-electron chi connectivity index (χ0n) is 12.4. The Morgan fingerprint density at radius 1 is 1.30 bits per heavy atom. The van der Waals surface area contributed by atoms with Gasteiger partial charge in [0.25, 0.3) is 5.91 Å². The molecule has 1 fully saturated rings. The lowest BCUT2D eigenvalue weighted by molar-refractivity contribution is 0.0503. The van der Waals surface area contributed by atoms with Gasteiger partial charge in [-0.15, -0.1) is 0 Å². The van der Waals surface area contributed by atoms with Gasteiger partial charge in [-0.05, 0) is 51.1 Å². The molecule has 20 heavy (non-hydrogen) atoms. The van der Waals surface area contributed by atoms with Crippen LogP contribution in [0, 0.1) is 0 Å². The summed E-state index contributed by atoms with van der Waals surface area (Å²) in [5.74, 6) is 0.0418. The zero-order valence-corrected chi connectivity index (χ0v) is 12.4. The number of nitrogens with zero attached hydrogens (tertiary/aromatic N) is 2. The van der Waals surface area contributed by atoms with Crippen molar-refractivity contribution in [2.45, 2.75) is 31.8 Å². The summed E-state index contributed by atoms with van der Waals surface area (Å²) in [6.07, 6.45) is 3.03. The van der Waals surface area contributed by atoms with Crippen molar-refractivity contribution in [3.05, 3.63) is 35.4 Å². The molecule has 110 valence electrons. The zero-order chi connectivity index (χ0) is 14.5. The van der Waals surface area contributed by atoms with Gasteiger partial charge < -0.3 is 14.9 Å². The van der Waals surface area contributed by atoms with Crippen molar-refractivity contribution in [1.82, 2.24) is 9.80 Å². The molecule has 1 unspecified atom stereocenters. The van der Waals surface area contributed by atoms with Crippen molar-refractivity contribution in [3.63, 3.8) is 0 Å². The van der Waals surface area contributed by atoms with Crippen LogP contribution in [0.15, 0.2) is 24.3 Å². The normalized spacial score (nSPS) is 19.4. The monoisotopic (exact) mass is 276 g/mol. The van der Waals surface area contributed by atoms with Crippen molar-refractivity contribution in [1.29, 1.82) is 0 Å². The van der Waals surface area contributed by atoms with Crippen molar-refractivity contribution in [3.8, 4) is 0 Å². The van der Waals surface area contributed by atoms with E-state index in [2.05, 4.69) is 4.90 Å². The van der Waals surface area contributed by atoms with Crippen molar-refractivity contribution in [2.75, 3.05) is 27.2 Å². The van der Waals surface area contributed by atoms with Crippen LogP contribution in [-0.2, 0) is 6.54 Å². The Balaban J connectivity index is 2.08. The van der Waals surface area contributed by atoms with Gasteiger partial charge in [0.2, 0.25) is 0 Å². The number of rotatable bonds is 4. The third-order valence-corrected chi connectivity index (χ3v) is 3.80. The van der Waals surface area contributed by atoms with Crippen LogP contribution in [0.1, 0.15) is 35.2 Å². The molecule has 0 saturated carbocycles. The van der Waals surface area contributed by atoms with E-state index in [0.717, 1.165) is 32.4 Å². The smallest absolute Gasteiger partial charge is 0.254 e. The summed E-state index contributed by atoms with van der Waals surface area (Å²) >= 11 is 0. The van der Waals surface area contributed by atoms with Gasteiger partial charge in [0.1, 0.15) is 0 Å². The third-order valence-electron chi connectivity index (χ3n) is 3.80. The predicted octanol–water partition coefficient (Wildman–Crippen LogP) is 1.74. The summed E-state index contributed by atoms with van der Waals surface area (Å²) in [5, 5.41) is 9.40. The van der Waals surface area contributed by atoms with E-state index in [1.165, 1.54) is 5.56 Å². The molecular formula is C16H24N2O2. The van der Waals surface area contributed by atoms with Crippen LogP contribution in [0.4, 0.5) is 0 Å². The molecule has 0 spiro atoms. The van der Waals surface area contributed by atoms with Crippen molar-refractivity contribution in [2.24, 2.45) is 0 Å². The lowest BCUT2D eigenvalue weighted by atomic mass is 10.0. The van der Waals surface area contributed by atoms with Gasteiger partial charge in [-0.3, -0.25) is 4.79 Å². The average Bonchev–Trinajstić information content (AvgIpc) is 2.46. The minimum atomic E-state index is -0.0160. The number of aliphatic hydroxyl groups excluding tert-OH is 1. The molecule has 0 aliphatic carbocycles. The first-order chi connectivity index (χ1) is 9.61. The molecule has 1 saturated heterocycles. The Labute approximate surface area is 121 Å². The van der Waals surface area contributed by atoms with Crippen LogP contribution in [0.25, 0.3) is 0 Å². The van der Waals surface area contributed by atoms with Crippen molar-refractivity contribution < 1.29 is 9.90 Å². The highest BCUT2D eigenvalue weighted by molar-refractivity contribution is 5.94. The Morgan fingerprint density at radius 3 is 2.60 bits per heavy atom. The minimum absolute atomic E-state index is 0.0160. The quantitative estimate of drug-likeness (QED) is 0.911. The second-order valence-electron chi connectivity index (χ2n) is 5.77. The van der Waals surface area contributed by atoms with E-state index >= 15 is 0 Å². The molecule has 0 radical (unpaired) electrons. The molecule has 4 nitrogen and oxygen atoms in total. The van der Waals surface area contributed by atoms with Gasteiger partial charge in [0, 0.05) is 18.7 Å². The van der Waals surface area contributed by atoms with Crippen LogP contribution in [0.2, 0.25) is 0 Å². The number of hydrogen-bond donors (Lipinski definition) is 1. The molecule has 4 heteroatoms. The summed E-state index contributed by atoms with van der Waals surface area (Å²) in [4.78, 5) is 16.4. The maximum Gasteiger partial charge on any atom is 0.254 e. The summed E-state index contributed by atoms with van der Waals surface area (Å²) < 4.78 is 0. The Kier molecular flexibility index (Phi) is 5.15. The number of benzene rings is 1. The number of hydrogen-bond acceptors (Lipinski definition) is 3. The van der Waals surface area contributed by atoms with Crippen molar-refractivity contribution >= 4 is 5.91 Å². The number of carbonyl (C=O) groups is 1. The third kappa shape index (κ3) is 3.58. The molecule has 1 N–H and O–H groups in total. The van der Waals surface area contributed by atoms with Gasteiger partial charge in [-0.1, -0.05) is 12.1 Å². The summed E-state index contributed by atoms with van der Waals surface area (Å²) in [6.45, 7) is 1.69. The van der Waals surface area contributed by atoms with E-state index in [9.17, 15) is 9.90 Å². The van der Waals surface area contributed by atoms with Gasteiger partial charge in [0.15, 0.2) is 0 Å². The standard InChI is InChI=1S/C16H24N2O2/c1-17(2)11-13-6-8-14(9-7-13)16(20)18-10-4-3-5-15(18)12-19/h6-9,15,19H,3-5,10-12H2,1-2H3. The molecule has 1 aromatic rings. The number of amides is 1. The topological polar surface area (TPSA) is 43.8 Å². The Morgan fingerprint density at radius 2 is 2.00 bits per heavy atom. The van der Waals surface area contributed by atoms with Crippen LogP contribution >= 0.6 is 0 Å². The molecular weight excluding hydrogens is 252 g/mol. The molecule has 0 aromatic heterocycles. The average molecular weight is 276 g/mol. The first kappa shape index (κ1) is 15.0. The van der Waals surface area contributed by atoms with E-state index in [4.69, 9.17) is 0 Å². The Bertz CT molecular complexity index is 442. The predicted molar refractivity (Wildman–Crippen MR) is 79.6 cm³/mol. The summed E-state index contributed by atoms with van der Waals surface area (Å²) in [6, 6.07) is 7.78. The number of likely N-dealkylation sites (tertiary alicyclic amines) is 1. The summed E-state index contributed by atoms with van der Waals surface area (Å²) in [7, 11) is 4.05. The van der Waals surface area contributed by atoms with Crippen LogP contribution in [0.3, 0.4) is 0 Å². The largest absolute Gasteiger partial charge is 0.394 e. The SMILES string of the molecule is CN(C)Cc1ccc(C(=O)N2CCCCC2CO)cc1. The van der Waals surface area contributed by atoms with E-state index in [-0.39, 0.29) is 18.6 Å². The first-order valence-corrected chi connectivity index (χ1v) is 7.27. The van der Waals surface area contributed by atoms with Crippen LogP contribution in [0.5, 0.6) is 0 Å². The van der Waals surface area contributed by atoms with Crippen LogP contribution < -0.4 is 0 Å². The molecule has 1 heterocycles. The highest BCUT2D eigenvalue weighted by atomic mass is 16.3. The van der Waals surface area contributed by atoms with Gasteiger partial charge in [-0.25, -0.2) is 0 Å². The first-order valence-electron chi connectivity index (χ1n) is 7.27. The lowest BCUT2D eigenvalue weighted by Gasteiger charge is -2.34. The molecule has 1 aliphatic rings. The molecule has 2 rings (SSSR count). The van der Waals surface area contributed by atoms with Gasteiger partial charge in [0.05, 0.1) is 12.6 Å². The molecule has 1 aliphatic heterocycles. The molecule has 1 atom stereocenters.